The van der Waals surface area contributed by atoms with Crippen molar-refractivity contribution in [2.24, 2.45) is 0 Å². The number of nitriles is 1. The van der Waals surface area contributed by atoms with E-state index in [1.54, 1.807) is 0 Å². The number of nitrogens with zero attached hydrogens (tertiary/aromatic N) is 3. The molecule has 0 bridgehead atoms. The molecule has 0 saturated carbocycles. The first kappa shape index (κ1) is 13.2. The van der Waals surface area contributed by atoms with E-state index in [1.807, 2.05) is 50.5 Å². The van der Waals surface area contributed by atoms with Gasteiger partial charge in [-0.05, 0) is 48.6 Å². The Labute approximate surface area is 123 Å². The summed E-state index contributed by atoms with van der Waals surface area (Å²) >= 11 is 0. The van der Waals surface area contributed by atoms with E-state index in [4.69, 9.17) is 11.0 Å². The molecule has 0 saturated heterocycles. The van der Waals surface area contributed by atoms with Gasteiger partial charge in [-0.15, -0.1) is 0 Å². The highest BCUT2D eigenvalue weighted by Crippen LogP contribution is 2.22. The third-order valence-electron chi connectivity index (χ3n) is 3.90. The Morgan fingerprint density at radius 3 is 2.86 bits per heavy atom. The van der Waals surface area contributed by atoms with Gasteiger partial charge >= 0.3 is 0 Å². The van der Waals surface area contributed by atoms with Crippen LogP contribution >= 0.6 is 0 Å². The van der Waals surface area contributed by atoms with Crippen molar-refractivity contribution in [3.05, 3.63) is 59.0 Å². The minimum atomic E-state index is 0.648. The third kappa shape index (κ3) is 2.23. The summed E-state index contributed by atoms with van der Waals surface area (Å²) in [5.74, 6) is 0. The van der Waals surface area contributed by atoms with Crippen LogP contribution < -0.4 is 5.73 Å². The van der Waals surface area contributed by atoms with E-state index in [2.05, 4.69) is 15.6 Å². The monoisotopic (exact) mass is 276 g/mol. The summed E-state index contributed by atoms with van der Waals surface area (Å²) in [6, 6.07) is 9.93. The second-order valence-electron chi connectivity index (χ2n) is 5.26. The Morgan fingerprint density at radius 2 is 2.10 bits per heavy atom. The van der Waals surface area contributed by atoms with Gasteiger partial charge in [0.15, 0.2) is 0 Å². The Bertz CT molecular complexity index is 868. The number of hydrogen-bond donors (Lipinski definition) is 1. The van der Waals surface area contributed by atoms with E-state index in [9.17, 15) is 0 Å². The number of aromatic nitrogens is 2. The number of anilines is 1. The van der Waals surface area contributed by atoms with Gasteiger partial charge < -0.3 is 10.3 Å². The lowest BCUT2D eigenvalue weighted by molar-refractivity contribution is 0.799. The standard InChI is InChI=1S/C17H16N4/c1-11-9-20-15(12(2)17(11)19)10-21-6-5-14-4-3-13(8-18)7-16(14)21/h3-7,9H,10H2,1-2H3,(H2,19,20). The zero-order valence-electron chi connectivity index (χ0n) is 12.1. The highest BCUT2D eigenvalue weighted by atomic mass is 15.0. The molecule has 2 heterocycles. The molecular weight excluding hydrogens is 260 g/mol. The average molecular weight is 276 g/mol. The van der Waals surface area contributed by atoms with Crippen molar-refractivity contribution >= 4 is 16.6 Å². The van der Waals surface area contributed by atoms with Crippen LogP contribution in [0.25, 0.3) is 10.9 Å². The predicted octanol–water partition coefficient (Wildman–Crippen LogP) is 3.16. The number of fused-ring (bicyclic) bond motifs is 1. The molecule has 2 aromatic heterocycles. The molecule has 4 nitrogen and oxygen atoms in total. The zero-order valence-corrected chi connectivity index (χ0v) is 12.1. The van der Waals surface area contributed by atoms with Crippen LogP contribution in [0, 0.1) is 25.2 Å². The molecule has 0 amide bonds. The summed E-state index contributed by atoms with van der Waals surface area (Å²) < 4.78 is 2.10. The molecule has 0 spiro atoms. The summed E-state index contributed by atoms with van der Waals surface area (Å²) in [5, 5.41) is 10.2. The van der Waals surface area contributed by atoms with Gasteiger partial charge in [-0.25, -0.2) is 0 Å². The number of pyridine rings is 1. The smallest absolute Gasteiger partial charge is 0.0992 e. The van der Waals surface area contributed by atoms with Crippen molar-refractivity contribution in [1.82, 2.24) is 9.55 Å². The first-order valence-electron chi connectivity index (χ1n) is 6.79. The van der Waals surface area contributed by atoms with Gasteiger partial charge in [0.1, 0.15) is 0 Å². The minimum Gasteiger partial charge on any atom is -0.398 e. The molecular formula is C17H16N4. The van der Waals surface area contributed by atoms with Crippen molar-refractivity contribution in [2.45, 2.75) is 20.4 Å². The average Bonchev–Trinajstić information content (AvgIpc) is 2.90. The van der Waals surface area contributed by atoms with Crippen LogP contribution in [0.3, 0.4) is 0 Å². The van der Waals surface area contributed by atoms with Crippen LogP contribution in [0.5, 0.6) is 0 Å². The van der Waals surface area contributed by atoms with E-state index in [1.165, 1.54) is 0 Å². The van der Waals surface area contributed by atoms with Crippen molar-refractivity contribution < 1.29 is 0 Å². The molecule has 4 heteroatoms. The fraction of sp³-hybridized carbons (Fsp3) is 0.176. The number of nitrogens with two attached hydrogens (primary N) is 1. The fourth-order valence-electron chi connectivity index (χ4n) is 2.50. The number of aryl methyl sites for hydroxylation is 1. The topological polar surface area (TPSA) is 67.6 Å². The fourth-order valence-corrected chi connectivity index (χ4v) is 2.50. The molecule has 0 aliphatic rings. The molecule has 0 fully saturated rings. The Balaban J connectivity index is 2.06. The third-order valence-corrected chi connectivity index (χ3v) is 3.90. The first-order valence-corrected chi connectivity index (χ1v) is 6.79. The Morgan fingerprint density at radius 1 is 1.29 bits per heavy atom. The number of nitrogen functional groups attached to an aromatic ring is 1. The molecule has 0 atom stereocenters. The number of hydrogen-bond acceptors (Lipinski definition) is 3. The van der Waals surface area contributed by atoms with Gasteiger partial charge in [-0.2, -0.15) is 5.26 Å². The lowest BCUT2D eigenvalue weighted by Crippen LogP contribution is -2.06. The van der Waals surface area contributed by atoms with Gasteiger partial charge in [0, 0.05) is 23.6 Å². The van der Waals surface area contributed by atoms with Crippen molar-refractivity contribution in [3.63, 3.8) is 0 Å². The zero-order chi connectivity index (χ0) is 15.0. The SMILES string of the molecule is Cc1cnc(Cn2ccc3ccc(C#N)cc32)c(C)c1N. The maximum absolute atomic E-state index is 9.04. The molecule has 21 heavy (non-hydrogen) atoms. The number of rotatable bonds is 2. The Kier molecular flexibility index (Phi) is 3.11. The van der Waals surface area contributed by atoms with E-state index in [0.717, 1.165) is 33.4 Å². The lowest BCUT2D eigenvalue weighted by atomic mass is 10.1. The van der Waals surface area contributed by atoms with Crippen molar-refractivity contribution in [3.8, 4) is 6.07 Å². The molecule has 0 aliphatic carbocycles. The van der Waals surface area contributed by atoms with Gasteiger partial charge in [0.05, 0.1) is 23.9 Å². The summed E-state index contributed by atoms with van der Waals surface area (Å²) in [7, 11) is 0. The Hall–Kier alpha value is -2.80. The summed E-state index contributed by atoms with van der Waals surface area (Å²) in [6.45, 7) is 4.61. The molecule has 0 unspecified atom stereocenters. The molecule has 3 rings (SSSR count). The second kappa shape index (κ2) is 4.95. The maximum atomic E-state index is 9.04. The molecule has 0 radical (unpaired) electrons. The minimum absolute atomic E-state index is 0.648. The lowest BCUT2D eigenvalue weighted by Gasteiger charge is -2.11. The van der Waals surface area contributed by atoms with Crippen LogP contribution in [0.2, 0.25) is 0 Å². The quantitative estimate of drug-likeness (QED) is 0.781. The van der Waals surface area contributed by atoms with Gasteiger partial charge in [-0.1, -0.05) is 6.07 Å². The van der Waals surface area contributed by atoms with E-state index in [-0.39, 0.29) is 0 Å². The van der Waals surface area contributed by atoms with E-state index in [0.29, 0.717) is 12.1 Å². The van der Waals surface area contributed by atoms with Crippen LogP contribution in [-0.4, -0.2) is 9.55 Å². The predicted molar refractivity (Wildman–Crippen MR) is 83.9 cm³/mol. The molecule has 104 valence electrons. The van der Waals surface area contributed by atoms with Crippen molar-refractivity contribution in [2.75, 3.05) is 5.73 Å². The maximum Gasteiger partial charge on any atom is 0.0992 e. The van der Waals surface area contributed by atoms with Crippen LogP contribution in [-0.2, 0) is 6.54 Å². The normalized spacial score (nSPS) is 10.7. The van der Waals surface area contributed by atoms with Crippen molar-refractivity contribution in [1.29, 1.82) is 5.26 Å². The summed E-state index contributed by atoms with van der Waals surface area (Å²) in [4.78, 5) is 4.50. The molecule has 0 aliphatic heterocycles. The van der Waals surface area contributed by atoms with E-state index < -0.39 is 0 Å². The molecule has 3 aromatic rings. The number of benzene rings is 1. The highest BCUT2D eigenvalue weighted by Gasteiger charge is 2.09. The van der Waals surface area contributed by atoms with Gasteiger partial charge in [0.25, 0.3) is 0 Å². The largest absolute Gasteiger partial charge is 0.398 e. The van der Waals surface area contributed by atoms with Crippen LogP contribution in [0.15, 0.2) is 36.7 Å². The van der Waals surface area contributed by atoms with Crippen LogP contribution in [0.1, 0.15) is 22.4 Å². The van der Waals surface area contributed by atoms with Crippen LogP contribution in [0.4, 0.5) is 5.69 Å². The molecule has 2 N–H and O–H groups in total. The van der Waals surface area contributed by atoms with E-state index >= 15 is 0 Å². The second-order valence-corrected chi connectivity index (χ2v) is 5.26. The summed E-state index contributed by atoms with van der Waals surface area (Å²) in [6.07, 6.45) is 3.83. The highest BCUT2D eigenvalue weighted by molar-refractivity contribution is 5.81. The summed E-state index contributed by atoms with van der Waals surface area (Å²) in [5.41, 5.74) is 11.6. The molecule has 1 aromatic carbocycles. The van der Waals surface area contributed by atoms with Gasteiger partial charge in [0.2, 0.25) is 0 Å². The van der Waals surface area contributed by atoms with Gasteiger partial charge in [-0.3, -0.25) is 4.98 Å². The first-order chi connectivity index (χ1) is 10.1.